The van der Waals surface area contributed by atoms with Gasteiger partial charge in [-0.1, -0.05) is 25.1 Å². The van der Waals surface area contributed by atoms with Crippen molar-refractivity contribution < 1.29 is 23.9 Å². The summed E-state index contributed by atoms with van der Waals surface area (Å²) >= 11 is 0. The number of anilines is 2. The third kappa shape index (κ3) is 6.47. The van der Waals surface area contributed by atoms with E-state index in [1.165, 1.54) is 12.1 Å². The van der Waals surface area contributed by atoms with Crippen LogP contribution in [0.2, 0.25) is 0 Å². The summed E-state index contributed by atoms with van der Waals surface area (Å²) in [6.45, 7) is 3.56. The zero-order valence-electron chi connectivity index (χ0n) is 15.3. The van der Waals surface area contributed by atoms with E-state index in [0.29, 0.717) is 11.4 Å². The molecule has 0 aromatic heterocycles. The molecule has 7 heteroatoms. The van der Waals surface area contributed by atoms with Gasteiger partial charge in [-0.2, -0.15) is 0 Å². The molecule has 0 aliphatic rings. The minimum absolute atomic E-state index is 0.212. The van der Waals surface area contributed by atoms with Gasteiger partial charge in [-0.15, -0.1) is 0 Å². The van der Waals surface area contributed by atoms with E-state index in [2.05, 4.69) is 10.6 Å². The number of carbonyl (C=O) groups is 3. The number of hydrogen-bond donors (Lipinski definition) is 2. The van der Waals surface area contributed by atoms with Crippen LogP contribution in [-0.2, 0) is 20.7 Å². The highest BCUT2D eigenvalue weighted by Crippen LogP contribution is 2.13. The first-order valence-corrected chi connectivity index (χ1v) is 8.61. The third-order valence-corrected chi connectivity index (χ3v) is 3.60. The number of carbonyl (C=O) groups excluding carboxylic acids is 3. The van der Waals surface area contributed by atoms with E-state index < -0.39 is 24.6 Å². The van der Waals surface area contributed by atoms with Crippen LogP contribution in [0.25, 0.3) is 0 Å². The lowest BCUT2D eigenvalue weighted by molar-refractivity contribution is -0.119. The molecule has 0 spiro atoms. The normalized spacial score (nSPS) is 10.0. The van der Waals surface area contributed by atoms with Crippen molar-refractivity contribution in [1.29, 1.82) is 0 Å². The van der Waals surface area contributed by atoms with E-state index in [-0.39, 0.29) is 12.2 Å². The van der Waals surface area contributed by atoms with Gasteiger partial charge in [-0.05, 0) is 49.2 Å². The number of rotatable bonds is 7. The highest BCUT2D eigenvalue weighted by Gasteiger charge is 2.12. The molecule has 2 N–H and O–H groups in total. The van der Waals surface area contributed by atoms with Crippen LogP contribution in [0.1, 0.15) is 29.8 Å². The second-order valence-electron chi connectivity index (χ2n) is 5.60. The topological polar surface area (TPSA) is 93.7 Å². The first-order valence-electron chi connectivity index (χ1n) is 8.61. The van der Waals surface area contributed by atoms with Gasteiger partial charge in [0, 0.05) is 11.4 Å². The summed E-state index contributed by atoms with van der Waals surface area (Å²) in [4.78, 5) is 35.4. The molecule has 7 nitrogen and oxygen atoms in total. The lowest BCUT2D eigenvalue weighted by Crippen LogP contribution is -2.21. The SMILES string of the molecule is CCOC(=O)Nc1cccc(C(=O)OCC(=O)Nc2ccc(CC)cc2)c1. The van der Waals surface area contributed by atoms with Crippen molar-refractivity contribution in [3.05, 3.63) is 59.7 Å². The lowest BCUT2D eigenvalue weighted by atomic mass is 10.1. The molecule has 0 saturated carbocycles. The molecule has 2 rings (SSSR count). The summed E-state index contributed by atoms with van der Waals surface area (Å²) in [5.41, 5.74) is 2.40. The Morgan fingerprint density at radius 3 is 2.30 bits per heavy atom. The Labute approximate surface area is 157 Å². The Kier molecular flexibility index (Phi) is 7.37. The van der Waals surface area contributed by atoms with Crippen LogP contribution < -0.4 is 10.6 Å². The minimum Gasteiger partial charge on any atom is -0.452 e. The van der Waals surface area contributed by atoms with Crippen molar-refractivity contribution in [2.75, 3.05) is 23.8 Å². The molecule has 0 saturated heterocycles. The molecule has 0 atom stereocenters. The maximum atomic E-state index is 12.1. The summed E-state index contributed by atoms with van der Waals surface area (Å²) in [5, 5.41) is 5.16. The molecule has 2 aromatic carbocycles. The van der Waals surface area contributed by atoms with Gasteiger partial charge < -0.3 is 14.8 Å². The minimum atomic E-state index is -0.668. The molecule has 0 aliphatic heterocycles. The fourth-order valence-electron chi connectivity index (χ4n) is 2.24. The summed E-state index contributed by atoms with van der Waals surface area (Å²) in [5.74, 6) is -1.10. The molecule has 0 bridgehead atoms. The number of amides is 2. The van der Waals surface area contributed by atoms with E-state index in [1.54, 1.807) is 31.2 Å². The van der Waals surface area contributed by atoms with E-state index in [0.717, 1.165) is 12.0 Å². The summed E-state index contributed by atoms with van der Waals surface area (Å²) in [6.07, 6.45) is 0.298. The first-order chi connectivity index (χ1) is 13.0. The van der Waals surface area contributed by atoms with Crippen molar-refractivity contribution in [3.8, 4) is 0 Å². The monoisotopic (exact) mass is 370 g/mol. The van der Waals surface area contributed by atoms with Crippen LogP contribution in [0.4, 0.5) is 16.2 Å². The molecule has 0 fully saturated rings. The summed E-state index contributed by atoms with van der Waals surface area (Å²) in [7, 11) is 0. The van der Waals surface area contributed by atoms with Crippen molar-refractivity contribution >= 4 is 29.3 Å². The predicted molar refractivity (Wildman–Crippen MR) is 102 cm³/mol. The Morgan fingerprint density at radius 1 is 0.889 bits per heavy atom. The molecule has 0 heterocycles. The fourth-order valence-corrected chi connectivity index (χ4v) is 2.24. The van der Waals surface area contributed by atoms with Crippen LogP contribution in [0.15, 0.2) is 48.5 Å². The van der Waals surface area contributed by atoms with Crippen molar-refractivity contribution in [2.45, 2.75) is 20.3 Å². The van der Waals surface area contributed by atoms with Gasteiger partial charge in [0.25, 0.3) is 5.91 Å². The lowest BCUT2D eigenvalue weighted by Gasteiger charge is -2.09. The number of aryl methyl sites for hydroxylation is 1. The molecule has 142 valence electrons. The number of nitrogens with one attached hydrogen (secondary N) is 2. The molecule has 0 aliphatic carbocycles. The van der Waals surface area contributed by atoms with Crippen LogP contribution >= 0.6 is 0 Å². The average Bonchev–Trinajstić information content (AvgIpc) is 2.67. The molecule has 27 heavy (non-hydrogen) atoms. The Hall–Kier alpha value is -3.35. The van der Waals surface area contributed by atoms with Gasteiger partial charge in [0.15, 0.2) is 6.61 Å². The maximum Gasteiger partial charge on any atom is 0.411 e. The van der Waals surface area contributed by atoms with Gasteiger partial charge >= 0.3 is 12.1 Å². The summed E-state index contributed by atoms with van der Waals surface area (Å²) < 4.78 is 9.80. The Balaban J connectivity index is 1.87. The van der Waals surface area contributed by atoms with Gasteiger partial charge in [-0.3, -0.25) is 10.1 Å². The third-order valence-electron chi connectivity index (χ3n) is 3.60. The second-order valence-corrected chi connectivity index (χ2v) is 5.60. The van der Waals surface area contributed by atoms with E-state index in [9.17, 15) is 14.4 Å². The number of benzene rings is 2. The van der Waals surface area contributed by atoms with Gasteiger partial charge in [0.2, 0.25) is 0 Å². The average molecular weight is 370 g/mol. The molecular weight excluding hydrogens is 348 g/mol. The maximum absolute atomic E-state index is 12.1. The highest BCUT2D eigenvalue weighted by atomic mass is 16.5. The van der Waals surface area contributed by atoms with Crippen LogP contribution in [0.3, 0.4) is 0 Å². The molecule has 0 radical (unpaired) electrons. The number of esters is 1. The summed E-state index contributed by atoms with van der Waals surface area (Å²) in [6, 6.07) is 13.6. The largest absolute Gasteiger partial charge is 0.452 e. The molecule has 0 unspecified atom stereocenters. The zero-order valence-corrected chi connectivity index (χ0v) is 15.3. The second kappa shape index (κ2) is 9.96. The van der Waals surface area contributed by atoms with Crippen molar-refractivity contribution in [2.24, 2.45) is 0 Å². The number of hydrogen-bond acceptors (Lipinski definition) is 5. The zero-order chi connectivity index (χ0) is 19.6. The highest BCUT2D eigenvalue weighted by molar-refractivity contribution is 5.96. The van der Waals surface area contributed by atoms with Crippen molar-refractivity contribution in [3.63, 3.8) is 0 Å². The smallest absolute Gasteiger partial charge is 0.411 e. The Bertz CT molecular complexity index is 802. The van der Waals surface area contributed by atoms with Crippen LogP contribution in [0, 0.1) is 0 Å². The van der Waals surface area contributed by atoms with E-state index >= 15 is 0 Å². The van der Waals surface area contributed by atoms with Crippen molar-refractivity contribution in [1.82, 2.24) is 0 Å². The van der Waals surface area contributed by atoms with E-state index in [4.69, 9.17) is 9.47 Å². The van der Waals surface area contributed by atoms with E-state index in [1.807, 2.05) is 19.1 Å². The number of ether oxygens (including phenoxy) is 2. The molecule has 2 aromatic rings. The first kappa shape index (κ1) is 20.0. The van der Waals surface area contributed by atoms with Crippen LogP contribution in [0.5, 0.6) is 0 Å². The van der Waals surface area contributed by atoms with Gasteiger partial charge in [0.05, 0.1) is 12.2 Å². The fraction of sp³-hybridized carbons (Fsp3) is 0.250. The molecular formula is C20H22N2O5. The van der Waals surface area contributed by atoms with Gasteiger partial charge in [-0.25, -0.2) is 9.59 Å². The molecule has 2 amide bonds. The van der Waals surface area contributed by atoms with Crippen LogP contribution in [-0.4, -0.2) is 31.2 Å². The quantitative estimate of drug-likeness (QED) is 0.726. The Morgan fingerprint density at radius 2 is 1.63 bits per heavy atom. The van der Waals surface area contributed by atoms with Gasteiger partial charge in [0.1, 0.15) is 0 Å². The predicted octanol–water partition coefficient (Wildman–Crippen LogP) is 3.61. The standard InChI is InChI=1S/C20H22N2O5/c1-3-14-8-10-16(11-9-14)21-18(23)13-27-19(24)15-6-5-7-17(12-15)22-20(25)26-4-2/h5-12H,3-4,13H2,1-2H3,(H,21,23)(H,22,25).